The van der Waals surface area contributed by atoms with Crippen LogP contribution in [0.5, 0.6) is 0 Å². The number of phosphoric ester groups is 2. The molecule has 19 heteroatoms. The molecule has 3 unspecified atom stereocenters. The lowest BCUT2D eigenvalue weighted by molar-refractivity contribution is -0.161. The molecule has 0 aromatic carbocycles. The van der Waals surface area contributed by atoms with Crippen LogP contribution in [0.2, 0.25) is 0 Å². The van der Waals surface area contributed by atoms with E-state index in [-0.39, 0.29) is 25.7 Å². The first-order valence-electron chi connectivity index (χ1n) is 36.2. The summed E-state index contributed by atoms with van der Waals surface area (Å²) in [7, 11) is -9.90. The molecule has 0 saturated carbocycles. The molecule has 0 aliphatic rings. The average molecular weight is 1310 g/mol. The molecular weight excluding hydrogens is 1170 g/mol. The van der Waals surface area contributed by atoms with Crippen LogP contribution in [-0.4, -0.2) is 96.7 Å². The fraction of sp³-hybridized carbons (Fsp3) is 0.943. The van der Waals surface area contributed by atoms with Crippen molar-refractivity contribution in [2.45, 2.75) is 363 Å². The second-order valence-electron chi connectivity index (χ2n) is 27.2. The highest BCUT2D eigenvalue weighted by Gasteiger charge is 2.30. The van der Waals surface area contributed by atoms with E-state index in [0.29, 0.717) is 37.5 Å². The maximum absolute atomic E-state index is 13.0. The lowest BCUT2D eigenvalue weighted by Gasteiger charge is -2.21. The summed E-state index contributed by atoms with van der Waals surface area (Å²) in [5, 5.41) is 10.6. The normalized spacial score (nSPS) is 14.3. The van der Waals surface area contributed by atoms with Crippen LogP contribution in [0.25, 0.3) is 0 Å². The first-order valence-corrected chi connectivity index (χ1v) is 39.2. The molecule has 528 valence electrons. The molecule has 17 nitrogen and oxygen atoms in total. The van der Waals surface area contributed by atoms with Crippen molar-refractivity contribution < 1.29 is 80.2 Å². The Kier molecular flexibility index (Phi) is 58.5. The molecule has 0 heterocycles. The molecule has 0 aliphatic carbocycles. The Bertz CT molecular complexity index is 1760. The van der Waals surface area contributed by atoms with Crippen LogP contribution in [0, 0.1) is 23.7 Å². The number of phosphoric acid groups is 2. The molecule has 0 aromatic heterocycles. The Morgan fingerprint density at radius 3 is 0.697 bits per heavy atom. The van der Waals surface area contributed by atoms with E-state index in [1.54, 1.807) is 0 Å². The fourth-order valence-electron chi connectivity index (χ4n) is 10.5. The molecular formula is C70H136O17P2. The molecule has 0 amide bonds. The number of hydrogen-bond donors (Lipinski definition) is 3. The molecule has 0 rings (SSSR count). The van der Waals surface area contributed by atoms with Gasteiger partial charge in [0.25, 0.3) is 0 Å². The maximum Gasteiger partial charge on any atom is 0.472 e. The van der Waals surface area contributed by atoms with E-state index >= 15 is 0 Å². The van der Waals surface area contributed by atoms with Crippen LogP contribution in [-0.2, 0) is 65.4 Å². The largest absolute Gasteiger partial charge is 0.472 e. The third-order valence-electron chi connectivity index (χ3n) is 16.1. The Hall–Kier alpha value is -1.94. The predicted molar refractivity (Wildman–Crippen MR) is 358 cm³/mol. The van der Waals surface area contributed by atoms with Crippen molar-refractivity contribution in [2.24, 2.45) is 23.7 Å². The van der Waals surface area contributed by atoms with Crippen molar-refractivity contribution in [3.05, 3.63) is 0 Å². The highest BCUT2D eigenvalue weighted by molar-refractivity contribution is 7.47. The van der Waals surface area contributed by atoms with E-state index in [2.05, 4.69) is 55.4 Å². The number of unbranched alkanes of at least 4 members (excludes halogenated alkanes) is 33. The van der Waals surface area contributed by atoms with Gasteiger partial charge >= 0.3 is 39.5 Å². The van der Waals surface area contributed by atoms with Gasteiger partial charge < -0.3 is 33.8 Å². The van der Waals surface area contributed by atoms with Gasteiger partial charge in [-0.05, 0) is 49.4 Å². The van der Waals surface area contributed by atoms with E-state index in [1.165, 1.54) is 148 Å². The number of rotatable bonds is 67. The van der Waals surface area contributed by atoms with Crippen LogP contribution in [0.15, 0.2) is 0 Å². The molecule has 0 aliphatic heterocycles. The average Bonchev–Trinajstić information content (AvgIpc) is 3.60. The summed E-state index contributed by atoms with van der Waals surface area (Å²) in [6.45, 7) is 14.0. The van der Waals surface area contributed by atoms with Crippen molar-refractivity contribution in [1.82, 2.24) is 0 Å². The fourth-order valence-corrected chi connectivity index (χ4v) is 12.1. The number of carbonyl (C=O) groups excluding carboxylic acids is 4. The quantitative estimate of drug-likeness (QED) is 0.0222. The highest BCUT2D eigenvalue weighted by Crippen LogP contribution is 2.45. The predicted octanol–water partition coefficient (Wildman–Crippen LogP) is 19.7. The highest BCUT2D eigenvalue weighted by atomic mass is 31.2. The van der Waals surface area contributed by atoms with Crippen molar-refractivity contribution in [1.29, 1.82) is 0 Å². The third kappa shape index (κ3) is 64.6. The number of aliphatic hydroxyl groups is 1. The topological polar surface area (TPSA) is 237 Å². The lowest BCUT2D eigenvalue weighted by atomic mass is 10.0. The van der Waals surface area contributed by atoms with Crippen LogP contribution in [0.3, 0.4) is 0 Å². The second-order valence-corrected chi connectivity index (χ2v) is 30.1. The Morgan fingerprint density at radius 1 is 0.281 bits per heavy atom. The standard InChI is InChI=1S/C70H136O17P2/c1-60(2)46-38-30-22-17-15-13-11-9-10-12-14-16-18-25-34-42-50-67(72)80-56-65(86-69(74)52-44-36-27-21-24-32-40-48-62(5)6)58-84-88(76,77)82-54-64(71)55-83-89(78,79)85-59-66(87-70(75)53-45-37-29-28-33-41-49-63(7)8)57-81-68(73)51-43-35-26-20-19-23-31-39-47-61(3)4/h60-66,71H,9-59H2,1-8H3,(H,76,77)(H,78,79)/t64?,65-,66-/m1/s1. The van der Waals surface area contributed by atoms with E-state index < -0.39 is 97.5 Å². The van der Waals surface area contributed by atoms with E-state index in [1.807, 2.05) is 0 Å². The molecule has 0 spiro atoms. The number of esters is 4. The monoisotopic (exact) mass is 1310 g/mol. The molecule has 5 atom stereocenters. The summed E-state index contributed by atoms with van der Waals surface area (Å²) in [5.41, 5.74) is 0. The van der Waals surface area contributed by atoms with Gasteiger partial charge in [-0.15, -0.1) is 0 Å². The van der Waals surface area contributed by atoms with Gasteiger partial charge in [0.05, 0.1) is 26.4 Å². The van der Waals surface area contributed by atoms with Crippen molar-refractivity contribution in [2.75, 3.05) is 39.6 Å². The van der Waals surface area contributed by atoms with E-state index in [9.17, 15) is 43.2 Å². The molecule has 89 heavy (non-hydrogen) atoms. The van der Waals surface area contributed by atoms with Gasteiger partial charge in [0.15, 0.2) is 12.2 Å². The Balaban J connectivity index is 5.15. The van der Waals surface area contributed by atoms with Crippen molar-refractivity contribution in [3.63, 3.8) is 0 Å². The lowest BCUT2D eigenvalue weighted by Crippen LogP contribution is -2.30. The molecule has 0 saturated heterocycles. The minimum atomic E-state index is -4.95. The van der Waals surface area contributed by atoms with Gasteiger partial charge in [-0.3, -0.25) is 37.3 Å². The van der Waals surface area contributed by atoms with Crippen LogP contribution in [0.4, 0.5) is 0 Å². The number of aliphatic hydroxyl groups excluding tert-OH is 1. The molecule has 0 aromatic rings. The van der Waals surface area contributed by atoms with Gasteiger partial charge in [-0.2, -0.15) is 0 Å². The summed E-state index contributed by atoms with van der Waals surface area (Å²) < 4.78 is 68.2. The number of carbonyl (C=O) groups is 4. The van der Waals surface area contributed by atoms with E-state index in [0.717, 1.165) is 102 Å². The Labute approximate surface area is 543 Å². The van der Waals surface area contributed by atoms with Crippen molar-refractivity contribution in [3.8, 4) is 0 Å². The van der Waals surface area contributed by atoms with Crippen molar-refractivity contribution >= 4 is 39.5 Å². The molecule has 0 bridgehead atoms. The van der Waals surface area contributed by atoms with Crippen LogP contribution in [0.1, 0.15) is 344 Å². The number of ether oxygens (including phenoxy) is 4. The summed E-state index contributed by atoms with van der Waals surface area (Å²) in [6, 6.07) is 0. The molecule has 3 N–H and O–H groups in total. The SMILES string of the molecule is CC(C)CCCCCCCCCCCCCCCCCCC(=O)OC[C@H](COP(=O)(O)OCC(O)COP(=O)(O)OC[C@@H](COC(=O)CCCCCCCCCCC(C)C)OC(=O)CCCCCCCCC(C)C)OC(=O)CCCCCCCCCC(C)C. The first-order chi connectivity index (χ1) is 42.6. The zero-order valence-electron chi connectivity index (χ0n) is 58.1. The zero-order chi connectivity index (χ0) is 66.1. The number of hydrogen-bond acceptors (Lipinski definition) is 15. The molecule has 0 fully saturated rings. The van der Waals surface area contributed by atoms with Gasteiger partial charge in [0.2, 0.25) is 0 Å². The summed E-state index contributed by atoms with van der Waals surface area (Å²) in [4.78, 5) is 72.4. The maximum atomic E-state index is 13.0. The van der Waals surface area contributed by atoms with E-state index in [4.69, 9.17) is 37.0 Å². The van der Waals surface area contributed by atoms with Gasteiger partial charge in [-0.1, -0.05) is 293 Å². The van der Waals surface area contributed by atoms with Crippen LogP contribution >= 0.6 is 15.6 Å². The molecule has 0 radical (unpaired) electrons. The first kappa shape index (κ1) is 87.1. The minimum Gasteiger partial charge on any atom is -0.462 e. The van der Waals surface area contributed by atoms with Gasteiger partial charge in [-0.25, -0.2) is 9.13 Å². The minimum absolute atomic E-state index is 0.101. The smallest absolute Gasteiger partial charge is 0.462 e. The second kappa shape index (κ2) is 59.8. The van der Waals surface area contributed by atoms with Gasteiger partial charge in [0.1, 0.15) is 19.3 Å². The summed E-state index contributed by atoms with van der Waals surface area (Å²) >= 11 is 0. The third-order valence-corrected chi connectivity index (χ3v) is 18.0. The summed E-state index contributed by atoms with van der Waals surface area (Å²) in [6.07, 6.45) is 42.1. The van der Waals surface area contributed by atoms with Crippen LogP contribution < -0.4 is 0 Å². The van der Waals surface area contributed by atoms with Gasteiger partial charge in [0, 0.05) is 25.7 Å². The summed E-state index contributed by atoms with van der Waals surface area (Å²) in [5.74, 6) is 0.767. The Morgan fingerprint density at radius 2 is 0.472 bits per heavy atom. The zero-order valence-corrected chi connectivity index (χ0v) is 59.8.